The van der Waals surface area contributed by atoms with Crippen molar-refractivity contribution in [3.05, 3.63) is 35.4 Å². The largest absolute Gasteiger partial charge is 0.504 e. The lowest BCUT2D eigenvalue weighted by atomic mass is 9.97. The molecule has 8 nitrogen and oxygen atoms in total. The monoisotopic (exact) mass is 416 g/mol. The number of rotatable bonds is 7. The summed E-state index contributed by atoms with van der Waals surface area (Å²) in [5.74, 6) is -5.07. The van der Waals surface area contributed by atoms with E-state index in [1.54, 1.807) is 6.92 Å². The maximum absolute atomic E-state index is 13.1. The Morgan fingerprint density at radius 2 is 1.53 bits per heavy atom. The number of fused-ring (bicyclic) bond motifs is 1. The van der Waals surface area contributed by atoms with Gasteiger partial charge in [-0.05, 0) is 30.2 Å². The van der Waals surface area contributed by atoms with Crippen molar-refractivity contribution >= 4 is 11.6 Å². The van der Waals surface area contributed by atoms with Crippen LogP contribution in [0.3, 0.4) is 0 Å². The van der Waals surface area contributed by atoms with Gasteiger partial charge in [0.1, 0.15) is 0 Å². The Morgan fingerprint density at radius 3 is 2.10 bits per heavy atom. The summed E-state index contributed by atoms with van der Waals surface area (Å²) in [6, 6.07) is 4.66. The lowest BCUT2D eigenvalue weighted by molar-refractivity contribution is -0.0513. The molecule has 1 heterocycles. The topological polar surface area (TPSA) is 134 Å². The first-order chi connectivity index (χ1) is 14.1. The van der Waals surface area contributed by atoms with Crippen LogP contribution in [0.4, 0.5) is 0 Å². The molecule has 0 bridgehead atoms. The molecule has 2 aromatic carbocycles. The molecule has 2 aromatic rings. The Hall–Kier alpha value is -3.42. The van der Waals surface area contributed by atoms with E-state index in [-0.39, 0.29) is 46.5 Å². The zero-order valence-electron chi connectivity index (χ0n) is 16.9. The van der Waals surface area contributed by atoms with Crippen molar-refractivity contribution in [3.63, 3.8) is 0 Å². The van der Waals surface area contributed by atoms with E-state index < -0.39 is 28.8 Å². The summed E-state index contributed by atoms with van der Waals surface area (Å²) < 4.78 is 11.4. The summed E-state index contributed by atoms with van der Waals surface area (Å²) >= 11 is 0. The highest BCUT2D eigenvalue weighted by Gasteiger charge is 2.49. The van der Waals surface area contributed by atoms with E-state index >= 15 is 0 Å². The molecule has 3 rings (SSSR count). The number of hydrogen-bond donors (Lipinski definition) is 4. The molecule has 0 saturated heterocycles. The second-order valence-electron chi connectivity index (χ2n) is 7.47. The van der Waals surface area contributed by atoms with E-state index in [1.807, 2.05) is 13.8 Å². The van der Waals surface area contributed by atoms with Crippen LogP contribution in [0.5, 0.6) is 34.5 Å². The zero-order valence-corrected chi connectivity index (χ0v) is 16.9. The van der Waals surface area contributed by atoms with Gasteiger partial charge in [0.2, 0.25) is 11.5 Å². The minimum atomic E-state index is -1.87. The Morgan fingerprint density at radius 1 is 0.933 bits per heavy atom. The number of phenols is 4. The summed E-state index contributed by atoms with van der Waals surface area (Å²) in [5, 5.41) is 39.3. The van der Waals surface area contributed by atoms with Crippen molar-refractivity contribution in [2.24, 2.45) is 5.92 Å². The molecule has 8 heteroatoms. The van der Waals surface area contributed by atoms with Crippen molar-refractivity contribution in [2.75, 3.05) is 0 Å². The minimum Gasteiger partial charge on any atom is -0.504 e. The van der Waals surface area contributed by atoms with E-state index in [0.717, 1.165) is 18.6 Å². The molecule has 0 aromatic heterocycles. The summed E-state index contributed by atoms with van der Waals surface area (Å²) in [7, 11) is 0. The van der Waals surface area contributed by atoms with Crippen LogP contribution >= 0.6 is 0 Å². The van der Waals surface area contributed by atoms with E-state index in [9.17, 15) is 30.0 Å². The highest BCUT2D eigenvalue weighted by molar-refractivity contribution is 6.04. The van der Waals surface area contributed by atoms with E-state index in [0.29, 0.717) is 6.42 Å². The molecule has 0 saturated carbocycles. The highest BCUT2D eigenvalue weighted by Crippen LogP contribution is 2.49. The van der Waals surface area contributed by atoms with Gasteiger partial charge in [-0.15, -0.1) is 0 Å². The minimum absolute atomic E-state index is 0.0263. The lowest BCUT2D eigenvalue weighted by Crippen LogP contribution is -2.46. The van der Waals surface area contributed by atoms with Gasteiger partial charge < -0.3 is 29.9 Å². The third-order valence-electron chi connectivity index (χ3n) is 5.27. The first-order valence-corrected chi connectivity index (χ1v) is 9.69. The van der Waals surface area contributed by atoms with Crippen LogP contribution in [-0.2, 0) is 0 Å². The average Bonchev–Trinajstić information content (AvgIpc) is 3.11. The van der Waals surface area contributed by atoms with Crippen molar-refractivity contribution in [1.29, 1.82) is 0 Å². The Bertz CT molecular complexity index is 989. The van der Waals surface area contributed by atoms with Gasteiger partial charge in [0.05, 0.1) is 0 Å². The van der Waals surface area contributed by atoms with Gasteiger partial charge in [-0.2, -0.15) is 0 Å². The van der Waals surface area contributed by atoms with Crippen LogP contribution in [0.1, 0.15) is 60.7 Å². The molecule has 2 atom stereocenters. The van der Waals surface area contributed by atoms with Gasteiger partial charge in [0.25, 0.3) is 0 Å². The molecule has 4 N–H and O–H groups in total. The predicted octanol–water partition coefficient (Wildman–Crippen LogP) is 3.89. The molecule has 30 heavy (non-hydrogen) atoms. The summed E-state index contributed by atoms with van der Waals surface area (Å²) in [5.41, 5.74) is 0.0828. The van der Waals surface area contributed by atoms with Crippen LogP contribution in [0.25, 0.3) is 0 Å². The molecule has 1 aliphatic rings. The molecule has 0 amide bonds. The second kappa shape index (κ2) is 7.78. The Labute approximate surface area is 173 Å². The van der Waals surface area contributed by atoms with Crippen LogP contribution in [-0.4, -0.2) is 37.8 Å². The molecule has 0 spiro atoms. The number of ketones is 2. The summed E-state index contributed by atoms with van der Waals surface area (Å²) in [6.45, 7) is 5.55. The normalized spacial score (nSPS) is 18.2. The van der Waals surface area contributed by atoms with Gasteiger partial charge in [0, 0.05) is 24.0 Å². The fourth-order valence-electron chi connectivity index (χ4n) is 3.22. The third-order valence-corrected chi connectivity index (χ3v) is 5.27. The molecular formula is C22H24O8. The van der Waals surface area contributed by atoms with Crippen LogP contribution < -0.4 is 9.47 Å². The van der Waals surface area contributed by atoms with Crippen molar-refractivity contribution in [1.82, 2.24) is 0 Å². The van der Waals surface area contributed by atoms with Crippen molar-refractivity contribution in [3.8, 4) is 34.5 Å². The van der Waals surface area contributed by atoms with Gasteiger partial charge in [0.15, 0.2) is 34.5 Å². The molecule has 0 fully saturated rings. The van der Waals surface area contributed by atoms with E-state index in [4.69, 9.17) is 9.47 Å². The van der Waals surface area contributed by atoms with Gasteiger partial charge >= 0.3 is 5.79 Å². The number of ether oxygens (including phenoxy) is 2. The molecule has 0 aliphatic carbocycles. The molecule has 1 aliphatic heterocycles. The average molecular weight is 416 g/mol. The standard InChI is InChI=1S/C22H24O8/c1-4-11(3)6-14(23)12-7-17(26)20-18(10-12)29-22(5-2,30-20)21(28)13-8-15(24)19(27)16(25)9-13/h7-11,24-27H,4-6H2,1-3H3. The number of phenolic OH excluding ortho intramolecular Hbond substituents is 4. The quantitative estimate of drug-likeness (QED) is 0.395. The molecule has 160 valence electrons. The smallest absolute Gasteiger partial charge is 0.316 e. The molecule has 2 unspecified atom stereocenters. The third kappa shape index (κ3) is 3.60. The maximum Gasteiger partial charge on any atom is 0.316 e. The zero-order chi connectivity index (χ0) is 22.2. The van der Waals surface area contributed by atoms with Gasteiger partial charge in [-0.25, -0.2) is 0 Å². The Kier molecular flexibility index (Phi) is 5.52. The number of aromatic hydroxyl groups is 4. The van der Waals surface area contributed by atoms with Crippen LogP contribution in [0.15, 0.2) is 24.3 Å². The van der Waals surface area contributed by atoms with Crippen LogP contribution in [0, 0.1) is 5.92 Å². The highest BCUT2D eigenvalue weighted by atomic mass is 16.7. The first-order valence-electron chi connectivity index (χ1n) is 9.69. The predicted molar refractivity (Wildman–Crippen MR) is 107 cm³/mol. The number of Topliss-reactive ketones (excluding diaryl/α,β-unsaturated/α-hetero) is 2. The fraction of sp³-hybridized carbons (Fsp3) is 0.364. The summed E-state index contributed by atoms with van der Waals surface area (Å²) in [6.07, 6.45) is 1.17. The number of hydrogen-bond acceptors (Lipinski definition) is 8. The van der Waals surface area contributed by atoms with Crippen LogP contribution in [0.2, 0.25) is 0 Å². The second-order valence-corrected chi connectivity index (χ2v) is 7.47. The van der Waals surface area contributed by atoms with Gasteiger partial charge in [-0.3, -0.25) is 9.59 Å². The van der Waals surface area contributed by atoms with Crippen molar-refractivity contribution < 1.29 is 39.5 Å². The molecular weight excluding hydrogens is 392 g/mol. The number of carbonyl (C=O) groups is 2. The first kappa shape index (κ1) is 21.3. The summed E-state index contributed by atoms with van der Waals surface area (Å²) in [4.78, 5) is 25.6. The van der Waals surface area contributed by atoms with Crippen molar-refractivity contribution in [2.45, 2.75) is 45.8 Å². The van der Waals surface area contributed by atoms with Gasteiger partial charge in [-0.1, -0.05) is 27.2 Å². The fourth-order valence-corrected chi connectivity index (χ4v) is 3.22. The molecule has 0 radical (unpaired) electrons. The SMILES string of the molecule is CCC(C)CC(=O)c1cc(O)c2c(c1)OC(CC)(C(=O)c1cc(O)c(O)c(O)c1)O2. The van der Waals surface area contributed by atoms with E-state index in [2.05, 4.69) is 0 Å². The van der Waals surface area contributed by atoms with E-state index in [1.165, 1.54) is 12.1 Å². The number of carbonyl (C=O) groups excluding carboxylic acids is 2. The lowest BCUT2D eigenvalue weighted by Gasteiger charge is -2.24. The maximum atomic E-state index is 13.1. The number of benzene rings is 2. The Balaban J connectivity index is 1.95.